The van der Waals surface area contributed by atoms with Crippen LogP contribution in [0.25, 0.3) is 0 Å². The molecule has 0 saturated heterocycles. The van der Waals surface area contributed by atoms with Gasteiger partial charge in [0.25, 0.3) is 0 Å². The molecule has 1 aliphatic rings. The fourth-order valence-electron chi connectivity index (χ4n) is 2.22. The summed E-state index contributed by atoms with van der Waals surface area (Å²) in [5.41, 5.74) is 0. The monoisotopic (exact) mass is 201 g/mol. The summed E-state index contributed by atoms with van der Waals surface area (Å²) >= 11 is 0. The van der Waals surface area contributed by atoms with Crippen molar-refractivity contribution in [3.05, 3.63) is 0 Å². The quantitative estimate of drug-likeness (QED) is 0.560. The molecule has 1 saturated carbocycles. The lowest BCUT2D eigenvalue weighted by Crippen LogP contribution is -2.40. The number of nitrogens with one attached hydrogen (secondary N) is 1. The average Bonchev–Trinajstić information content (AvgIpc) is 2.25. The first-order chi connectivity index (χ1) is 6.88. The standard InChI is InChI=1S/C11H23NO2/c13-8-4-3-7-12-11-6-2-1-5-10(11)9-14/h10-14H,1-9H2. The molecule has 84 valence electrons. The lowest BCUT2D eigenvalue weighted by atomic mass is 9.85. The summed E-state index contributed by atoms with van der Waals surface area (Å²) < 4.78 is 0. The van der Waals surface area contributed by atoms with Gasteiger partial charge in [0, 0.05) is 19.3 Å². The highest BCUT2D eigenvalue weighted by atomic mass is 16.3. The lowest BCUT2D eigenvalue weighted by Gasteiger charge is -2.31. The summed E-state index contributed by atoms with van der Waals surface area (Å²) in [5.74, 6) is 0.456. The number of aliphatic hydroxyl groups excluding tert-OH is 2. The minimum atomic E-state index is 0.287. The molecule has 0 aromatic heterocycles. The minimum absolute atomic E-state index is 0.287. The average molecular weight is 201 g/mol. The molecule has 1 fully saturated rings. The second-order valence-electron chi connectivity index (χ2n) is 4.22. The van der Waals surface area contributed by atoms with Crippen molar-refractivity contribution in [2.45, 2.75) is 44.6 Å². The Morgan fingerprint density at radius 1 is 1.07 bits per heavy atom. The molecule has 2 unspecified atom stereocenters. The Hall–Kier alpha value is -0.120. The van der Waals surface area contributed by atoms with Crippen LogP contribution in [0, 0.1) is 5.92 Å². The Balaban J connectivity index is 2.13. The molecule has 0 radical (unpaired) electrons. The summed E-state index contributed by atoms with van der Waals surface area (Å²) in [7, 11) is 0. The predicted molar refractivity (Wildman–Crippen MR) is 57.2 cm³/mol. The van der Waals surface area contributed by atoms with Crippen LogP contribution in [0.2, 0.25) is 0 Å². The zero-order valence-electron chi connectivity index (χ0n) is 8.91. The Labute approximate surface area is 86.5 Å². The molecule has 0 amide bonds. The van der Waals surface area contributed by atoms with Crippen molar-refractivity contribution in [1.29, 1.82) is 0 Å². The van der Waals surface area contributed by atoms with E-state index in [1.54, 1.807) is 0 Å². The van der Waals surface area contributed by atoms with Crippen LogP contribution < -0.4 is 5.32 Å². The van der Waals surface area contributed by atoms with E-state index in [4.69, 9.17) is 5.11 Å². The highest BCUT2D eigenvalue weighted by Crippen LogP contribution is 2.23. The van der Waals surface area contributed by atoms with Crippen molar-refractivity contribution in [2.75, 3.05) is 19.8 Å². The van der Waals surface area contributed by atoms with Gasteiger partial charge in [0.2, 0.25) is 0 Å². The fourth-order valence-corrected chi connectivity index (χ4v) is 2.22. The number of hydrogen-bond donors (Lipinski definition) is 3. The summed E-state index contributed by atoms with van der Waals surface area (Å²) in [6, 6.07) is 0.507. The highest BCUT2D eigenvalue weighted by molar-refractivity contribution is 4.80. The third-order valence-electron chi connectivity index (χ3n) is 3.14. The van der Waals surface area contributed by atoms with E-state index in [-0.39, 0.29) is 6.61 Å². The predicted octanol–water partition coefficient (Wildman–Crippen LogP) is 0.900. The van der Waals surface area contributed by atoms with Crippen LogP contribution in [-0.4, -0.2) is 36.0 Å². The van der Waals surface area contributed by atoms with Gasteiger partial charge in [-0.1, -0.05) is 12.8 Å². The van der Waals surface area contributed by atoms with Crippen molar-refractivity contribution >= 4 is 0 Å². The third-order valence-corrected chi connectivity index (χ3v) is 3.14. The normalized spacial score (nSPS) is 27.9. The van der Waals surface area contributed by atoms with Crippen LogP contribution in [0.15, 0.2) is 0 Å². The van der Waals surface area contributed by atoms with Crippen molar-refractivity contribution in [3.63, 3.8) is 0 Å². The maximum absolute atomic E-state index is 9.18. The molecule has 14 heavy (non-hydrogen) atoms. The number of unbranched alkanes of at least 4 members (excludes halogenated alkanes) is 1. The Morgan fingerprint density at radius 2 is 1.86 bits per heavy atom. The first-order valence-corrected chi connectivity index (χ1v) is 5.83. The summed E-state index contributed by atoms with van der Waals surface area (Å²) in [5, 5.41) is 21.3. The molecule has 0 aliphatic heterocycles. The van der Waals surface area contributed by atoms with E-state index < -0.39 is 0 Å². The topological polar surface area (TPSA) is 52.5 Å². The molecule has 1 rings (SSSR count). The summed E-state index contributed by atoms with van der Waals surface area (Å²) in [6.07, 6.45) is 6.82. The van der Waals surface area contributed by atoms with E-state index in [0.717, 1.165) is 25.8 Å². The van der Waals surface area contributed by atoms with Gasteiger partial charge in [-0.15, -0.1) is 0 Å². The molecule has 3 N–H and O–H groups in total. The zero-order valence-corrected chi connectivity index (χ0v) is 8.91. The van der Waals surface area contributed by atoms with Gasteiger partial charge in [0.05, 0.1) is 0 Å². The summed E-state index contributed by atoms with van der Waals surface area (Å²) in [4.78, 5) is 0. The molecule has 0 aromatic rings. The molecule has 1 aliphatic carbocycles. The number of aliphatic hydroxyl groups is 2. The van der Waals surface area contributed by atoms with E-state index >= 15 is 0 Å². The first-order valence-electron chi connectivity index (χ1n) is 5.83. The van der Waals surface area contributed by atoms with Crippen LogP contribution in [0.3, 0.4) is 0 Å². The van der Waals surface area contributed by atoms with Crippen LogP contribution in [0.1, 0.15) is 38.5 Å². The van der Waals surface area contributed by atoms with Crippen molar-refractivity contribution in [3.8, 4) is 0 Å². The second-order valence-corrected chi connectivity index (χ2v) is 4.22. The van der Waals surface area contributed by atoms with Crippen molar-refractivity contribution < 1.29 is 10.2 Å². The van der Waals surface area contributed by atoms with E-state index in [9.17, 15) is 5.11 Å². The van der Waals surface area contributed by atoms with Crippen LogP contribution >= 0.6 is 0 Å². The third kappa shape index (κ3) is 3.95. The van der Waals surface area contributed by atoms with Crippen LogP contribution in [0.5, 0.6) is 0 Å². The van der Waals surface area contributed by atoms with E-state index in [2.05, 4.69) is 5.32 Å². The van der Waals surface area contributed by atoms with Gasteiger partial charge < -0.3 is 15.5 Å². The molecule has 3 heteroatoms. The van der Waals surface area contributed by atoms with Gasteiger partial charge in [0.15, 0.2) is 0 Å². The molecular formula is C11H23NO2. The lowest BCUT2D eigenvalue weighted by molar-refractivity contribution is 0.152. The maximum Gasteiger partial charge on any atom is 0.0474 e. The summed E-state index contributed by atoms with van der Waals surface area (Å²) in [6.45, 7) is 1.58. The van der Waals surface area contributed by atoms with Gasteiger partial charge in [-0.05, 0) is 38.1 Å². The van der Waals surface area contributed by atoms with Gasteiger partial charge in [-0.2, -0.15) is 0 Å². The van der Waals surface area contributed by atoms with Crippen LogP contribution in [0.4, 0.5) is 0 Å². The van der Waals surface area contributed by atoms with Gasteiger partial charge in [0.1, 0.15) is 0 Å². The fraction of sp³-hybridized carbons (Fsp3) is 1.00. The van der Waals surface area contributed by atoms with Crippen molar-refractivity contribution in [1.82, 2.24) is 5.32 Å². The number of rotatable bonds is 6. The SMILES string of the molecule is OCCCCNC1CCCCC1CO. The highest BCUT2D eigenvalue weighted by Gasteiger charge is 2.23. The molecule has 0 aromatic carbocycles. The maximum atomic E-state index is 9.18. The molecular weight excluding hydrogens is 178 g/mol. The van der Waals surface area contributed by atoms with Gasteiger partial charge in [-0.25, -0.2) is 0 Å². The van der Waals surface area contributed by atoms with E-state index in [0.29, 0.717) is 18.6 Å². The molecule has 0 spiro atoms. The van der Waals surface area contributed by atoms with Gasteiger partial charge in [-0.3, -0.25) is 0 Å². The second kappa shape index (κ2) is 7.21. The molecule has 0 heterocycles. The molecule has 3 nitrogen and oxygen atoms in total. The largest absolute Gasteiger partial charge is 0.396 e. The molecule has 2 atom stereocenters. The van der Waals surface area contributed by atoms with Crippen LogP contribution in [-0.2, 0) is 0 Å². The van der Waals surface area contributed by atoms with E-state index in [1.807, 2.05) is 0 Å². The van der Waals surface area contributed by atoms with Crippen molar-refractivity contribution in [2.24, 2.45) is 5.92 Å². The smallest absolute Gasteiger partial charge is 0.0474 e. The Bertz CT molecular complexity index is 141. The number of hydrogen-bond acceptors (Lipinski definition) is 3. The van der Waals surface area contributed by atoms with Gasteiger partial charge >= 0.3 is 0 Å². The minimum Gasteiger partial charge on any atom is -0.396 e. The van der Waals surface area contributed by atoms with E-state index in [1.165, 1.54) is 19.3 Å². The Kier molecular flexibility index (Phi) is 6.15. The first kappa shape index (κ1) is 12.0. The Morgan fingerprint density at radius 3 is 2.57 bits per heavy atom. The zero-order chi connectivity index (χ0) is 10.2. The molecule has 0 bridgehead atoms.